The highest BCUT2D eigenvalue weighted by Gasteiger charge is 2.39. The monoisotopic (exact) mass is 716 g/mol. The second-order valence-electron chi connectivity index (χ2n) is 14.0. The molecule has 0 spiro atoms. The Labute approximate surface area is 300 Å². The largest absolute Gasteiger partial charge is 0.491 e. The van der Waals surface area contributed by atoms with Gasteiger partial charge >= 0.3 is 0 Å². The van der Waals surface area contributed by atoms with Crippen molar-refractivity contribution in [1.82, 2.24) is 31.1 Å². The van der Waals surface area contributed by atoms with E-state index < -0.39 is 59.7 Å². The molecule has 284 valence electrons. The summed E-state index contributed by atoms with van der Waals surface area (Å²) in [6.07, 6.45) is 2.23. The van der Waals surface area contributed by atoms with Crippen molar-refractivity contribution in [1.29, 1.82) is 0 Å². The second-order valence-corrected chi connectivity index (χ2v) is 14.0. The summed E-state index contributed by atoms with van der Waals surface area (Å²) in [6.45, 7) is 9.65. The van der Waals surface area contributed by atoms with Crippen LogP contribution in [0.1, 0.15) is 77.1 Å². The number of nitrogens with one attached hydrogen (secondary N) is 4. The highest BCUT2D eigenvalue weighted by Crippen LogP contribution is 2.20. The molecule has 0 bridgehead atoms. The van der Waals surface area contributed by atoms with Crippen LogP contribution in [0.2, 0.25) is 0 Å². The molecule has 2 saturated heterocycles. The number of nitrogens with zero attached hydrogens (tertiary/aromatic N) is 2. The molecule has 51 heavy (non-hydrogen) atoms. The van der Waals surface area contributed by atoms with E-state index in [2.05, 4.69) is 21.3 Å². The van der Waals surface area contributed by atoms with Gasteiger partial charge in [0.15, 0.2) is 0 Å². The Balaban J connectivity index is 1.85. The van der Waals surface area contributed by atoms with Crippen LogP contribution in [0, 0.1) is 5.92 Å². The number of fused-ring (bicyclic) bond motifs is 1. The quantitative estimate of drug-likeness (QED) is 0.320. The molecular weight excluding hydrogens is 660 g/mol. The molecule has 4 N–H and O–H groups in total. The van der Waals surface area contributed by atoms with Crippen molar-refractivity contribution >= 4 is 35.4 Å². The molecule has 3 rings (SSSR count). The van der Waals surface area contributed by atoms with Crippen molar-refractivity contribution in [2.45, 2.75) is 103 Å². The van der Waals surface area contributed by atoms with Crippen LogP contribution in [0.3, 0.4) is 0 Å². The van der Waals surface area contributed by atoms with Gasteiger partial charge in [-0.25, -0.2) is 0 Å². The third-order valence-corrected chi connectivity index (χ3v) is 8.45. The Bertz CT molecular complexity index is 1370. The lowest BCUT2D eigenvalue weighted by atomic mass is 10.0. The van der Waals surface area contributed by atoms with Gasteiger partial charge in [-0.2, -0.15) is 0 Å². The highest BCUT2D eigenvalue weighted by molar-refractivity contribution is 5.99. The first-order valence-corrected chi connectivity index (χ1v) is 17.8. The Morgan fingerprint density at radius 3 is 2.27 bits per heavy atom. The van der Waals surface area contributed by atoms with E-state index >= 15 is 0 Å². The fraction of sp³-hybridized carbons (Fsp3) is 0.667. The number of carbonyl (C=O) groups excluding carboxylic acids is 6. The Kier molecular flexibility index (Phi) is 16.1. The van der Waals surface area contributed by atoms with Gasteiger partial charge in [-0.1, -0.05) is 19.9 Å². The van der Waals surface area contributed by atoms with Crippen molar-refractivity contribution in [2.24, 2.45) is 5.92 Å². The fourth-order valence-electron chi connectivity index (χ4n) is 5.87. The first-order valence-electron chi connectivity index (χ1n) is 17.8. The van der Waals surface area contributed by atoms with Crippen LogP contribution in [-0.4, -0.2) is 129 Å². The van der Waals surface area contributed by atoms with Crippen LogP contribution in [0.25, 0.3) is 0 Å². The third kappa shape index (κ3) is 12.8. The number of ether oxygens (including phenoxy) is 3. The van der Waals surface area contributed by atoms with Crippen molar-refractivity contribution in [3.8, 4) is 5.75 Å². The van der Waals surface area contributed by atoms with Crippen molar-refractivity contribution in [3.05, 3.63) is 29.8 Å². The van der Waals surface area contributed by atoms with Crippen LogP contribution in [-0.2, 0) is 33.4 Å². The number of likely N-dealkylation sites (N-methyl/N-ethyl adjacent to an activating group) is 1. The summed E-state index contributed by atoms with van der Waals surface area (Å²) >= 11 is 0. The summed E-state index contributed by atoms with van der Waals surface area (Å²) in [4.78, 5) is 83.4. The Morgan fingerprint density at radius 2 is 1.63 bits per heavy atom. The van der Waals surface area contributed by atoms with Crippen LogP contribution < -0.4 is 26.0 Å². The smallest absolute Gasteiger partial charge is 0.252 e. The molecule has 15 nitrogen and oxygen atoms in total. The van der Waals surface area contributed by atoms with Gasteiger partial charge < -0.3 is 45.3 Å². The van der Waals surface area contributed by atoms with Crippen molar-refractivity contribution in [3.63, 3.8) is 0 Å². The Hall–Kier alpha value is -4.24. The Morgan fingerprint density at radius 1 is 0.941 bits per heavy atom. The SMILES string of the molecule is CC(C)C[C@@H]1NC(=O)[C@@H](NC(=O)c2cccc(OC(C)C)c2)COCCCCOC[C@@H](C(=O)N(C)C)NC(=O)[C@@H]2CCCN2C(=O)[C@H](C)NC1=O. The number of amides is 6. The lowest BCUT2D eigenvalue weighted by Crippen LogP contribution is -2.59. The molecule has 1 aromatic rings. The van der Waals surface area contributed by atoms with E-state index in [4.69, 9.17) is 14.2 Å². The minimum Gasteiger partial charge on any atom is -0.491 e. The number of carbonyl (C=O) groups is 6. The number of hydrogen-bond acceptors (Lipinski definition) is 9. The molecule has 2 aliphatic rings. The van der Waals surface area contributed by atoms with Gasteiger partial charge in [-0.3, -0.25) is 28.8 Å². The number of hydrogen-bond donors (Lipinski definition) is 4. The van der Waals surface area contributed by atoms with Gasteiger partial charge in [0, 0.05) is 39.4 Å². The highest BCUT2D eigenvalue weighted by atomic mass is 16.5. The molecule has 6 amide bonds. The van der Waals surface area contributed by atoms with Crippen LogP contribution in [0.15, 0.2) is 24.3 Å². The summed E-state index contributed by atoms with van der Waals surface area (Å²) in [5.74, 6) is -2.52. The predicted octanol–water partition coefficient (Wildman–Crippen LogP) is 0.999. The molecule has 0 unspecified atom stereocenters. The lowest BCUT2D eigenvalue weighted by molar-refractivity contribution is -0.143. The standard InChI is InChI=1S/C36H56N6O9/c1-22(2)18-27-32(44)37-24(5)35(47)42-15-11-14-30(42)34(46)40-29(36(48)41(6)7)21-50-17-9-8-16-49-20-28(33(45)38-27)39-31(43)25-12-10-13-26(19-25)51-23(3)4/h10,12-13,19,22-24,27-30H,8-9,11,14-18,20-21H2,1-7H3,(H,37,44)(H,38,45)(H,39,43)(H,40,46)/t24-,27-,28-,29-,30-/m0/s1. The second kappa shape index (κ2) is 20.0. The summed E-state index contributed by atoms with van der Waals surface area (Å²) in [6, 6.07) is 1.62. The predicted molar refractivity (Wildman–Crippen MR) is 189 cm³/mol. The topological polar surface area (TPSA) is 185 Å². The van der Waals surface area contributed by atoms with E-state index in [1.54, 1.807) is 38.4 Å². The molecule has 0 aromatic heterocycles. The van der Waals surface area contributed by atoms with E-state index in [-0.39, 0.29) is 56.3 Å². The number of rotatable bonds is 7. The third-order valence-electron chi connectivity index (χ3n) is 8.45. The minimum atomic E-state index is -1.15. The van der Waals surface area contributed by atoms with Crippen molar-refractivity contribution < 1.29 is 43.0 Å². The average Bonchev–Trinajstić information content (AvgIpc) is 3.56. The summed E-state index contributed by atoms with van der Waals surface area (Å²) in [5, 5.41) is 11.0. The molecular formula is C36H56N6O9. The molecule has 2 fully saturated rings. The molecule has 0 aliphatic carbocycles. The minimum absolute atomic E-state index is 0.0128. The molecule has 0 saturated carbocycles. The van der Waals surface area contributed by atoms with Crippen LogP contribution >= 0.6 is 0 Å². The molecule has 15 heteroatoms. The summed E-state index contributed by atoms with van der Waals surface area (Å²) < 4.78 is 17.3. The summed E-state index contributed by atoms with van der Waals surface area (Å²) in [5.41, 5.74) is 0.281. The fourth-order valence-corrected chi connectivity index (χ4v) is 5.87. The molecule has 2 aliphatic heterocycles. The summed E-state index contributed by atoms with van der Waals surface area (Å²) in [7, 11) is 3.17. The van der Waals surface area contributed by atoms with E-state index in [1.165, 1.54) is 16.7 Å². The van der Waals surface area contributed by atoms with Crippen LogP contribution in [0.4, 0.5) is 0 Å². The first-order chi connectivity index (χ1) is 24.2. The normalized spacial score (nSPS) is 24.9. The maximum atomic E-state index is 13.7. The lowest BCUT2D eigenvalue weighted by Gasteiger charge is -2.30. The average molecular weight is 717 g/mol. The molecule has 5 atom stereocenters. The number of benzene rings is 1. The molecule has 0 radical (unpaired) electrons. The van der Waals surface area contributed by atoms with E-state index in [0.29, 0.717) is 38.0 Å². The van der Waals surface area contributed by atoms with E-state index in [9.17, 15) is 28.8 Å². The molecule has 1 aromatic carbocycles. The van der Waals surface area contributed by atoms with Gasteiger partial charge in [0.25, 0.3) is 5.91 Å². The zero-order chi connectivity index (χ0) is 37.7. The van der Waals surface area contributed by atoms with Crippen molar-refractivity contribution in [2.75, 3.05) is 47.1 Å². The van der Waals surface area contributed by atoms with Gasteiger partial charge in [-0.15, -0.1) is 0 Å². The van der Waals surface area contributed by atoms with Gasteiger partial charge in [0.1, 0.15) is 36.0 Å². The van der Waals surface area contributed by atoms with Gasteiger partial charge in [-0.05, 0) is 77.0 Å². The van der Waals surface area contributed by atoms with Gasteiger partial charge in [0.2, 0.25) is 29.5 Å². The maximum Gasteiger partial charge on any atom is 0.252 e. The zero-order valence-corrected chi connectivity index (χ0v) is 31.0. The maximum absolute atomic E-state index is 13.7. The van der Waals surface area contributed by atoms with Crippen LogP contribution in [0.5, 0.6) is 5.75 Å². The zero-order valence-electron chi connectivity index (χ0n) is 31.0. The molecule has 2 heterocycles. The van der Waals surface area contributed by atoms with E-state index in [0.717, 1.165) is 0 Å². The first kappa shape index (κ1) is 41.2. The van der Waals surface area contributed by atoms with Gasteiger partial charge in [0.05, 0.1) is 19.3 Å². The van der Waals surface area contributed by atoms with E-state index in [1.807, 2.05) is 27.7 Å².